The number of unbranched alkanes of at least 4 members (excludes halogenated alkanes) is 9. The number of nitrogens with zero attached hydrogens (tertiary/aromatic N) is 1. The molecular formula is C24H48N2O4S. The molecule has 0 radical (unpaired) electrons. The van der Waals surface area contributed by atoms with Crippen LogP contribution in [0.5, 0.6) is 0 Å². The van der Waals surface area contributed by atoms with Gasteiger partial charge in [-0.05, 0) is 50.9 Å². The molecule has 0 aromatic heterocycles. The van der Waals surface area contributed by atoms with E-state index in [0.717, 1.165) is 25.6 Å². The van der Waals surface area contributed by atoms with Gasteiger partial charge in [-0.1, -0.05) is 71.4 Å². The minimum Gasteiger partial charge on any atom is -0.726 e. The summed E-state index contributed by atoms with van der Waals surface area (Å²) in [4.78, 5) is 0. The van der Waals surface area contributed by atoms with Gasteiger partial charge in [-0.2, -0.15) is 0 Å². The summed E-state index contributed by atoms with van der Waals surface area (Å²) in [5.41, 5.74) is 0. The molecule has 0 aromatic carbocycles. The summed E-state index contributed by atoms with van der Waals surface area (Å²) in [6.45, 7) is 9.35. The van der Waals surface area contributed by atoms with Crippen LogP contribution in [-0.4, -0.2) is 50.1 Å². The molecule has 2 unspecified atom stereocenters. The largest absolute Gasteiger partial charge is 0.726 e. The van der Waals surface area contributed by atoms with E-state index >= 15 is 0 Å². The predicted molar refractivity (Wildman–Crippen MR) is 129 cm³/mol. The second kappa shape index (κ2) is 19.7. The molecule has 0 bridgehead atoms. The van der Waals surface area contributed by atoms with E-state index in [4.69, 9.17) is 0 Å². The minimum atomic E-state index is -4.41. The van der Waals surface area contributed by atoms with E-state index in [9.17, 15) is 13.0 Å². The van der Waals surface area contributed by atoms with Crippen molar-refractivity contribution in [2.24, 2.45) is 5.92 Å². The van der Waals surface area contributed by atoms with Gasteiger partial charge in [-0.25, -0.2) is 8.42 Å². The van der Waals surface area contributed by atoms with Gasteiger partial charge in [0, 0.05) is 0 Å². The molecule has 1 aliphatic rings. The quantitative estimate of drug-likeness (QED) is 0.103. The second-order valence-electron chi connectivity index (χ2n) is 8.51. The van der Waals surface area contributed by atoms with Gasteiger partial charge in [0.2, 0.25) is 16.7 Å². The first kappa shape index (κ1) is 30.1. The SMILES string of the molecule is CCCCCCCC/C=C\CCCCCC(C(C)CC)[N+]1=CNCC1.COS(=O)(=O)[O-]. The lowest BCUT2D eigenvalue weighted by Gasteiger charge is -2.22. The highest BCUT2D eigenvalue weighted by Crippen LogP contribution is 2.19. The van der Waals surface area contributed by atoms with Gasteiger partial charge in [0.05, 0.1) is 13.2 Å². The molecule has 2 atom stereocenters. The molecule has 1 N–H and O–H groups in total. The highest BCUT2D eigenvalue weighted by Gasteiger charge is 2.24. The highest BCUT2D eigenvalue weighted by atomic mass is 32.3. The molecule has 0 amide bonds. The van der Waals surface area contributed by atoms with Crippen molar-refractivity contribution in [2.75, 3.05) is 20.2 Å². The standard InChI is InChI=1S/C23H44N2.CH4O4S/c1-4-6-7-8-9-10-11-12-13-14-15-16-17-18-23(22(3)5-2)25-20-19-24-21-25;1-5-6(2,3)4/h12-13,21-23H,4-11,14-20H2,1-3H3;1H3,(H,2,3,4)/b13-12-;. The Balaban J connectivity index is 0.00000131. The predicted octanol–water partition coefficient (Wildman–Crippen LogP) is 5.40. The molecule has 0 saturated heterocycles. The van der Waals surface area contributed by atoms with Crippen LogP contribution in [0.15, 0.2) is 12.2 Å². The fourth-order valence-corrected chi connectivity index (χ4v) is 3.82. The van der Waals surface area contributed by atoms with Gasteiger partial charge in [0.1, 0.15) is 13.1 Å². The van der Waals surface area contributed by atoms with Crippen molar-refractivity contribution >= 4 is 16.7 Å². The molecule has 0 spiro atoms. The monoisotopic (exact) mass is 460 g/mol. The van der Waals surface area contributed by atoms with Crippen molar-refractivity contribution in [3.63, 3.8) is 0 Å². The summed E-state index contributed by atoms with van der Waals surface area (Å²) in [6.07, 6.45) is 24.9. The van der Waals surface area contributed by atoms with Crippen molar-refractivity contribution < 1.29 is 21.7 Å². The normalized spacial score (nSPS) is 15.8. The van der Waals surface area contributed by atoms with Gasteiger partial charge in [0.25, 0.3) is 0 Å². The van der Waals surface area contributed by atoms with E-state index in [1.165, 1.54) is 90.0 Å². The number of hydrogen-bond donors (Lipinski definition) is 1. The Labute approximate surface area is 192 Å². The second-order valence-corrected chi connectivity index (χ2v) is 9.66. The van der Waals surface area contributed by atoms with E-state index in [-0.39, 0.29) is 0 Å². The van der Waals surface area contributed by atoms with Crippen molar-refractivity contribution in [1.82, 2.24) is 5.32 Å². The third-order valence-electron chi connectivity index (χ3n) is 5.96. The molecule has 0 fully saturated rings. The Hall–Kier alpha value is -0.920. The lowest BCUT2D eigenvalue weighted by Crippen LogP contribution is -2.32. The van der Waals surface area contributed by atoms with E-state index in [0.29, 0.717) is 0 Å². The Morgan fingerprint density at radius 3 is 2.06 bits per heavy atom. The average molecular weight is 461 g/mol. The zero-order valence-electron chi connectivity index (χ0n) is 20.5. The Kier molecular flexibility index (Phi) is 19.2. The van der Waals surface area contributed by atoms with E-state index in [2.05, 4.69) is 53.3 Å². The highest BCUT2D eigenvalue weighted by molar-refractivity contribution is 7.80. The van der Waals surface area contributed by atoms with Crippen LogP contribution in [0.1, 0.15) is 104 Å². The van der Waals surface area contributed by atoms with E-state index < -0.39 is 10.4 Å². The zero-order chi connectivity index (χ0) is 23.4. The van der Waals surface area contributed by atoms with Crippen LogP contribution in [-0.2, 0) is 14.6 Å². The summed E-state index contributed by atoms with van der Waals surface area (Å²) in [6, 6.07) is 0.739. The Bertz CT molecular complexity index is 576. The third kappa shape index (κ3) is 18.4. The molecule has 31 heavy (non-hydrogen) atoms. The summed E-state index contributed by atoms with van der Waals surface area (Å²) in [5, 5.41) is 3.37. The van der Waals surface area contributed by atoms with Gasteiger partial charge in [-0.3, -0.25) is 14.1 Å². The molecule has 0 aliphatic carbocycles. The minimum absolute atomic E-state index is 0.739. The van der Waals surface area contributed by atoms with Crippen LogP contribution >= 0.6 is 0 Å². The van der Waals surface area contributed by atoms with Gasteiger partial charge in [0.15, 0.2) is 0 Å². The van der Waals surface area contributed by atoms with Crippen LogP contribution < -0.4 is 5.32 Å². The molecule has 184 valence electrons. The molecule has 0 saturated carbocycles. The maximum Gasteiger partial charge on any atom is 0.232 e. The van der Waals surface area contributed by atoms with Crippen molar-refractivity contribution in [2.45, 2.75) is 110 Å². The Morgan fingerprint density at radius 2 is 1.58 bits per heavy atom. The summed E-state index contributed by atoms with van der Waals surface area (Å²) in [7, 11) is -3.60. The number of nitrogens with one attached hydrogen (secondary N) is 1. The van der Waals surface area contributed by atoms with Crippen LogP contribution in [0.2, 0.25) is 0 Å². The maximum atomic E-state index is 9.22. The Morgan fingerprint density at radius 1 is 1.03 bits per heavy atom. The first-order chi connectivity index (χ1) is 14.9. The molecule has 0 aromatic rings. The first-order valence-electron chi connectivity index (χ1n) is 12.3. The third-order valence-corrected chi connectivity index (χ3v) is 6.37. The maximum absolute atomic E-state index is 9.22. The number of hydrogen-bond acceptors (Lipinski definition) is 5. The average Bonchev–Trinajstić information content (AvgIpc) is 3.28. The molecule has 1 rings (SSSR count). The smallest absolute Gasteiger partial charge is 0.232 e. The van der Waals surface area contributed by atoms with E-state index in [1.807, 2.05) is 0 Å². The summed E-state index contributed by atoms with van der Waals surface area (Å²) >= 11 is 0. The number of allylic oxidation sites excluding steroid dienone is 2. The fourth-order valence-electron chi connectivity index (χ4n) is 3.82. The van der Waals surface area contributed by atoms with Crippen molar-refractivity contribution in [3.05, 3.63) is 12.2 Å². The first-order valence-corrected chi connectivity index (χ1v) is 13.7. The molecule has 1 heterocycles. The van der Waals surface area contributed by atoms with Gasteiger partial charge in [-0.15, -0.1) is 0 Å². The van der Waals surface area contributed by atoms with Crippen LogP contribution in [0.3, 0.4) is 0 Å². The van der Waals surface area contributed by atoms with Crippen LogP contribution in [0.25, 0.3) is 0 Å². The van der Waals surface area contributed by atoms with Crippen LogP contribution in [0, 0.1) is 5.92 Å². The molecule has 6 nitrogen and oxygen atoms in total. The molecular weight excluding hydrogens is 412 g/mol. The van der Waals surface area contributed by atoms with Gasteiger partial charge < -0.3 is 4.55 Å². The van der Waals surface area contributed by atoms with Crippen LogP contribution in [0.4, 0.5) is 0 Å². The topological polar surface area (TPSA) is 81.5 Å². The fraction of sp³-hybridized carbons (Fsp3) is 0.875. The summed E-state index contributed by atoms with van der Waals surface area (Å²) < 4.78 is 33.6. The van der Waals surface area contributed by atoms with Gasteiger partial charge >= 0.3 is 0 Å². The number of rotatable bonds is 17. The van der Waals surface area contributed by atoms with E-state index in [1.54, 1.807) is 0 Å². The zero-order valence-corrected chi connectivity index (χ0v) is 21.3. The summed E-state index contributed by atoms with van der Waals surface area (Å²) in [5.74, 6) is 0.799. The lowest BCUT2D eigenvalue weighted by molar-refractivity contribution is -0.562. The molecule has 7 heteroatoms. The molecule has 1 aliphatic heterocycles. The van der Waals surface area contributed by atoms with Crippen molar-refractivity contribution in [3.8, 4) is 0 Å². The lowest BCUT2D eigenvalue weighted by atomic mass is 9.93. The van der Waals surface area contributed by atoms with Crippen molar-refractivity contribution in [1.29, 1.82) is 0 Å².